The Morgan fingerprint density at radius 2 is 2.11 bits per heavy atom. The lowest BCUT2D eigenvalue weighted by molar-refractivity contribution is 0.0627. The summed E-state index contributed by atoms with van der Waals surface area (Å²) in [6, 6.07) is 0.771. The third kappa shape index (κ3) is 3.16. The topological polar surface area (TPSA) is 44.9 Å². The fourth-order valence-corrected chi connectivity index (χ4v) is 3.24. The number of piperidine rings is 2. The lowest BCUT2D eigenvalue weighted by atomic mass is 9.84. The molecule has 0 aromatic carbocycles. The van der Waals surface area contributed by atoms with Crippen molar-refractivity contribution in [3.8, 4) is 0 Å². The molecule has 0 bridgehead atoms. The van der Waals surface area contributed by atoms with Gasteiger partial charge in [-0.15, -0.1) is 0 Å². The lowest BCUT2D eigenvalue weighted by Crippen LogP contribution is -2.55. The van der Waals surface area contributed by atoms with Crippen LogP contribution in [0.2, 0.25) is 0 Å². The van der Waals surface area contributed by atoms with Crippen molar-refractivity contribution < 1.29 is 0 Å². The molecule has 18 heavy (non-hydrogen) atoms. The normalized spacial score (nSPS) is 30.7. The van der Waals surface area contributed by atoms with Crippen molar-refractivity contribution >= 4 is 5.96 Å². The fourth-order valence-electron chi connectivity index (χ4n) is 3.24. The van der Waals surface area contributed by atoms with Crippen molar-refractivity contribution in [2.24, 2.45) is 22.6 Å². The molecule has 0 saturated carbocycles. The van der Waals surface area contributed by atoms with Gasteiger partial charge in [-0.3, -0.25) is 4.99 Å². The molecule has 2 heterocycles. The van der Waals surface area contributed by atoms with Crippen molar-refractivity contribution in [2.45, 2.75) is 39.2 Å². The average molecular weight is 252 g/mol. The van der Waals surface area contributed by atoms with Crippen LogP contribution in [0.3, 0.4) is 0 Å². The highest BCUT2D eigenvalue weighted by Gasteiger charge is 2.34. The van der Waals surface area contributed by atoms with Crippen LogP contribution in [0.4, 0.5) is 0 Å². The van der Waals surface area contributed by atoms with E-state index in [1.165, 1.54) is 25.8 Å². The van der Waals surface area contributed by atoms with Gasteiger partial charge in [-0.2, -0.15) is 0 Å². The van der Waals surface area contributed by atoms with Crippen molar-refractivity contribution in [2.75, 3.05) is 33.2 Å². The smallest absolute Gasteiger partial charge is 0.191 e. The Hall–Kier alpha value is -0.770. The van der Waals surface area contributed by atoms with Gasteiger partial charge >= 0.3 is 0 Å². The number of aliphatic imine (C=N–C) groups is 1. The number of hydrogen-bond acceptors (Lipinski definition) is 2. The van der Waals surface area contributed by atoms with Gasteiger partial charge in [0.1, 0.15) is 0 Å². The van der Waals surface area contributed by atoms with Gasteiger partial charge in [0.25, 0.3) is 0 Å². The van der Waals surface area contributed by atoms with Gasteiger partial charge in [-0.25, -0.2) is 0 Å². The highest BCUT2D eigenvalue weighted by molar-refractivity contribution is 5.78. The third-order valence-electron chi connectivity index (χ3n) is 4.29. The van der Waals surface area contributed by atoms with E-state index >= 15 is 0 Å². The molecular formula is C14H28N4. The van der Waals surface area contributed by atoms with Crippen LogP contribution in [0.15, 0.2) is 4.99 Å². The standard InChI is InChI=1S/C14H28N4/c1-11(2)9-16-14(15)18-8-6-13-12(10-18)5-4-7-17(13)3/h11-13H,4-10H2,1-3H3,(H2,15,16). The molecule has 2 rings (SSSR count). The monoisotopic (exact) mass is 252 g/mol. The second-order valence-corrected chi connectivity index (χ2v) is 6.28. The summed E-state index contributed by atoms with van der Waals surface area (Å²) in [6.07, 6.45) is 3.91. The summed E-state index contributed by atoms with van der Waals surface area (Å²) in [4.78, 5) is 9.34. The van der Waals surface area contributed by atoms with Crippen LogP contribution in [-0.4, -0.2) is 55.0 Å². The molecule has 2 saturated heterocycles. The molecule has 0 aromatic heterocycles. The minimum absolute atomic E-state index is 0.585. The third-order valence-corrected chi connectivity index (χ3v) is 4.29. The number of guanidine groups is 1. The maximum absolute atomic E-state index is 6.12. The summed E-state index contributed by atoms with van der Waals surface area (Å²) < 4.78 is 0. The van der Waals surface area contributed by atoms with Crippen molar-refractivity contribution in [3.63, 3.8) is 0 Å². The average Bonchev–Trinajstić information content (AvgIpc) is 2.35. The first-order valence-corrected chi connectivity index (χ1v) is 7.33. The van der Waals surface area contributed by atoms with Crippen LogP contribution >= 0.6 is 0 Å². The molecule has 0 spiro atoms. The van der Waals surface area contributed by atoms with Gasteiger partial charge in [0.15, 0.2) is 5.96 Å². The molecule has 4 heteroatoms. The number of nitrogens with zero attached hydrogens (tertiary/aromatic N) is 3. The number of hydrogen-bond donors (Lipinski definition) is 1. The number of rotatable bonds is 2. The second kappa shape index (κ2) is 5.91. The Morgan fingerprint density at radius 1 is 1.33 bits per heavy atom. The second-order valence-electron chi connectivity index (χ2n) is 6.28. The first kappa shape index (κ1) is 13.7. The molecule has 0 aromatic rings. The van der Waals surface area contributed by atoms with Gasteiger partial charge < -0.3 is 15.5 Å². The van der Waals surface area contributed by atoms with E-state index in [-0.39, 0.29) is 0 Å². The van der Waals surface area contributed by atoms with E-state index in [0.717, 1.165) is 37.6 Å². The lowest BCUT2D eigenvalue weighted by Gasteiger charge is -2.46. The minimum atomic E-state index is 0.585. The molecule has 0 aliphatic carbocycles. The fraction of sp³-hybridized carbons (Fsp3) is 0.929. The number of likely N-dealkylation sites (tertiary alicyclic amines) is 2. The van der Waals surface area contributed by atoms with Gasteiger partial charge in [0, 0.05) is 25.7 Å². The molecule has 2 unspecified atom stereocenters. The Kier molecular flexibility index (Phi) is 4.49. The van der Waals surface area contributed by atoms with Crippen LogP contribution in [0, 0.1) is 11.8 Å². The highest BCUT2D eigenvalue weighted by Crippen LogP contribution is 2.29. The van der Waals surface area contributed by atoms with Crippen LogP contribution < -0.4 is 5.73 Å². The van der Waals surface area contributed by atoms with E-state index in [4.69, 9.17) is 5.73 Å². The van der Waals surface area contributed by atoms with E-state index in [1.807, 2.05) is 0 Å². The van der Waals surface area contributed by atoms with Crippen LogP contribution in [0.1, 0.15) is 33.1 Å². The summed E-state index contributed by atoms with van der Waals surface area (Å²) in [6.45, 7) is 8.63. The van der Waals surface area contributed by atoms with Crippen LogP contribution in [-0.2, 0) is 0 Å². The van der Waals surface area contributed by atoms with Crippen LogP contribution in [0.25, 0.3) is 0 Å². The molecule has 4 nitrogen and oxygen atoms in total. The maximum atomic E-state index is 6.12. The van der Waals surface area contributed by atoms with E-state index in [1.54, 1.807) is 0 Å². The van der Waals surface area contributed by atoms with E-state index < -0.39 is 0 Å². The van der Waals surface area contributed by atoms with Crippen molar-refractivity contribution in [1.29, 1.82) is 0 Å². The Labute approximate surface area is 111 Å². The van der Waals surface area contributed by atoms with Crippen LogP contribution in [0.5, 0.6) is 0 Å². The predicted molar refractivity (Wildman–Crippen MR) is 76.7 cm³/mol. The van der Waals surface area contributed by atoms with E-state index in [0.29, 0.717) is 5.92 Å². The highest BCUT2D eigenvalue weighted by atomic mass is 15.3. The van der Waals surface area contributed by atoms with Gasteiger partial charge in [0.2, 0.25) is 0 Å². The number of nitrogens with two attached hydrogens (primary N) is 1. The SMILES string of the molecule is CC(C)CN=C(N)N1CCC2C(CCCN2C)C1. The molecule has 0 amide bonds. The molecule has 2 N–H and O–H groups in total. The first-order valence-electron chi connectivity index (χ1n) is 7.33. The largest absolute Gasteiger partial charge is 0.370 e. The van der Waals surface area contributed by atoms with Gasteiger partial charge in [-0.1, -0.05) is 13.8 Å². The summed E-state index contributed by atoms with van der Waals surface area (Å²) in [5.41, 5.74) is 6.12. The molecule has 2 aliphatic rings. The molecule has 2 fully saturated rings. The summed E-state index contributed by atoms with van der Waals surface area (Å²) >= 11 is 0. The Balaban J connectivity index is 1.92. The zero-order chi connectivity index (χ0) is 13.1. The predicted octanol–water partition coefficient (Wildman–Crippen LogP) is 1.37. The quantitative estimate of drug-likeness (QED) is 0.596. The van der Waals surface area contributed by atoms with Crippen molar-refractivity contribution in [3.05, 3.63) is 0 Å². The van der Waals surface area contributed by atoms with Gasteiger partial charge in [0.05, 0.1) is 0 Å². The van der Waals surface area contributed by atoms with Gasteiger partial charge in [-0.05, 0) is 44.7 Å². The summed E-state index contributed by atoms with van der Waals surface area (Å²) in [7, 11) is 2.27. The molecule has 2 atom stereocenters. The zero-order valence-corrected chi connectivity index (χ0v) is 12.1. The summed E-state index contributed by atoms with van der Waals surface area (Å²) in [5.74, 6) is 2.13. The first-order chi connectivity index (χ1) is 8.58. The molecule has 104 valence electrons. The minimum Gasteiger partial charge on any atom is -0.370 e. The Morgan fingerprint density at radius 3 is 2.83 bits per heavy atom. The van der Waals surface area contributed by atoms with E-state index in [2.05, 4.69) is 35.7 Å². The summed E-state index contributed by atoms with van der Waals surface area (Å²) in [5, 5.41) is 0. The molecule has 0 radical (unpaired) electrons. The zero-order valence-electron chi connectivity index (χ0n) is 12.1. The van der Waals surface area contributed by atoms with E-state index in [9.17, 15) is 0 Å². The molecular weight excluding hydrogens is 224 g/mol. The Bertz CT molecular complexity index is 300. The maximum Gasteiger partial charge on any atom is 0.191 e. The molecule has 2 aliphatic heterocycles. The number of fused-ring (bicyclic) bond motifs is 1. The van der Waals surface area contributed by atoms with Crippen molar-refractivity contribution in [1.82, 2.24) is 9.80 Å².